The fourth-order valence-electron chi connectivity index (χ4n) is 3.24. The quantitative estimate of drug-likeness (QED) is 0.577. The van der Waals surface area contributed by atoms with Crippen LogP contribution in [0.2, 0.25) is 0 Å². The van der Waals surface area contributed by atoms with Crippen LogP contribution in [0.3, 0.4) is 0 Å². The summed E-state index contributed by atoms with van der Waals surface area (Å²) < 4.78 is 37.7. The number of benzene rings is 2. The van der Waals surface area contributed by atoms with Crippen molar-refractivity contribution in [3.05, 3.63) is 46.5 Å². The summed E-state index contributed by atoms with van der Waals surface area (Å²) in [6, 6.07) is 8.96. The Morgan fingerprint density at radius 2 is 1.76 bits per heavy atom. The molecule has 0 spiro atoms. The van der Waals surface area contributed by atoms with Crippen molar-refractivity contribution in [1.29, 1.82) is 0 Å². The summed E-state index contributed by atoms with van der Waals surface area (Å²) in [4.78, 5) is 12.9. The molecule has 0 saturated carbocycles. The third-order valence-electron chi connectivity index (χ3n) is 4.92. The Hall–Kier alpha value is -2.89. The summed E-state index contributed by atoms with van der Waals surface area (Å²) in [5.41, 5.74) is 0.427. The Kier molecular flexibility index (Phi) is 5.03. The third kappa shape index (κ3) is 3.84. The van der Waals surface area contributed by atoms with E-state index in [0.717, 1.165) is 6.07 Å². The molecule has 11 heteroatoms. The molecule has 0 atom stereocenters. The van der Waals surface area contributed by atoms with E-state index in [1.165, 1.54) is 16.4 Å². The first-order valence-corrected chi connectivity index (χ1v) is 10.4. The molecule has 4 rings (SSSR count). The predicted octanol–water partition coefficient (Wildman–Crippen LogP) is 2.00. The van der Waals surface area contributed by atoms with Gasteiger partial charge in [0, 0.05) is 44.0 Å². The molecule has 29 heavy (non-hydrogen) atoms. The van der Waals surface area contributed by atoms with E-state index in [-0.39, 0.29) is 23.1 Å². The number of nitro groups is 1. The first kappa shape index (κ1) is 19.4. The highest BCUT2D eigenvalue weighted by molar-refractivity contribution is 7.89. The minimum atomic E-state index is -3.80. The van der Waals surface area contributed by atoms with Gasteiger partial charge in [-0.2, -0.15) is 4.31 Å². The Balaban J connectivity index is 1.62. The SMILES string of the molecule is CN1CCN(S(=O)(=O)c2ccc(Nc3ccc4c(c3)OCO4)c([N+](=O)[O-])c2)CC1. The fourth-order valence-corrected chi connectivity index (χ4v) is 4.68. The van der Waals surface area contributed by atoms with E-state index in [2.05, 4.69) is 5.32 Å². The summed E-state index contributed by atoms with van der Waals surface area (Å²) in [6.07, 6.45) is 0. The standard InChI is InChI=1S/C18H20N4O6S/c1-20-6-8-21(9-7-20)29(25,26)14-3-4-15(16(11-14)22(23)24)19-13-2-5-17-18(10-13)28-12-27-17/h2-5,10-11,19H,6-9,12H2,1H3. The first-order valence-electron chi connectivity index (χ1n) is 8.98. The molecule has 2 aromatic rings. The van der Waals surface area contributed by atoms with Gasteiger partial charge in [0.25, 0.3) is 5.69 Å². The number of nitrogens with one attached hydrogen (secondary N) is 1. The number of ether oxygens (including phenoxy) is 2. The smallest absolute Gasteiger partial charge is 0.294 e. The van der Waals surface area contributed by atoms with Crippen LogP contribution in [0.4, 0.5) is 17.1 Å². The van der Waals surface area contributed by atoms with Gasteiger partial charge in [-0.25, -0.2) is 8.42 Å². The molecule has 2 aliphatic heterocycles. The molecule has 10 nitrogen and oxygen atoms in total. The number of hydrogen-bond acceptors (Lipinski definition) is 8. The molecule has 0 bridgehead atoms. The zero-order chi connectivity index (χ0) is 20.6. The predicted molar refractivity (Wildman–Crippen MR) is 105 cm³/mol. The van der Waals surface area contributed by atoms with Gasteiger partial charge in [0.2, 0.25) is 16.8 Å². The van der Waals surface area contributed by atoms with Crippen LogP contribution in [0.15, 0.2) is 41.3 Å². The fraction of sp³-hybridized carbons (Fsp3) is 0.333. The number of rotatable bonds is 5. The average molecular weight is 420 g/mol. The van der Waals surface area contributed by atoms with Crippen LogP contribution < -0.4 is 14.8 Å². The number of fused-ring (bicyclic) bond motifs is 1. The van der Waals surface area contributed by atoms with Gasteiger partial charge in [0.1, 0.15) is 5.69 Å². The van der Waals surface area contributed by atoms with E-state index >= 15 is 0 Å². The maximum Gasteiger partial charge on any atom is 0.294 e. The number of nitrogens with zero attached hydrogens (tertiary/aromatic N) is 3. The highest BCUT2D eigenvalue weighted by Crippen LogP contribution is 2.37. The number of likely N-dealkylation sites (N-methyl/N-ethyl adjacent to an activating group) is 1. The molecule has 1 saturated heterocycles. The lowest BCUT2D eigenvalue weighted by Crippen LogP contribution is -2.47. The van der Waals surface area contributed by atoms with E-state index in [0.29, 0.717) is 43.4 Å². The van der Waals surface area contributed by atoms with Crippen molar-refractivity contribution < 1.29 is 22.8 Å². The zero-order valence-corrected chi connectivity index (χ0v) is 16.5. The van der Waals surface area contributed by atoms with Crippen molar-refractivity contribution in [3.8, 4) is 11.5 Å². The van der Waals surface area contributed by atoms with Crippen molar-refractivity contribution in [2.75, 3.05) is 45.3 Å². The Morgan fingerprint density at radius 3 is 2.48 bits per heavy atom. The molecule has 0 aliphatic carbocycles. The molecule has 1 N–H and O–H groups in total. The molecule has 0 radical (unpaired) electrons. The van der Waals surface area contributed by atoms with E-state index in [9.17, 15) is 18.5 Å². The maximum absolute atomic E-state index is 12.9. The van der Waals surface area contributed by atoms with Crippen molar-refractivity contribution in [2.45, 2.75) is 4.90 Å². The van der Waals surface area contributed by atoms with Crippen LogP contribution in [-0.4, -0.2) is 62.6 Å². The van der Waals surface area contributed by atoms with Gasteiger partial charge >= 0.3 is 0 Å². The van der Waals surface area contributed by atoms with Crippen LogP contribution in [0.5, 0.6) is 11.5 Å². The number of sulfonamides is 1. The normalized spacial score (nSPS) is 17.3. The summed E-state index contributed by atoms with van der Waals surface area (Å²) in [6.45, 7) is 2.06. The summed E-state index contributed by atoms with van der Waals surface area (Å²) in [5, 5.41) is 14.6. The second-order valence-corrected chi connectivity index (χ2v) is 8.77. The summed E-state index contributed by atoms with van der Waals surface area (Å²) >= 11 is 0. The van der Waals surface area contributed by atoms with Gasteiger partial charge in [-0.15, -0.1) is 0 Å². The van der Waals surface area contributed by atoms with E-state index < -0.39 is 14.9 Å². The lowest BCUT2D eigenvalue weighted by Gasteiger charge is -2.31. The molecular formula is C18H20N4O6S. The van der Waals surface area contributed by atoms with E-state index in [4.69, 9.17) is 9.47 Å². The maximum atomic E-state index is 12.9. The van der Waals surface area contributed by atoms with Crippen molar-refractivity contribution in [1.82, 2.24) is 9.21 Å². The van der Waals surface area contributed by atoms with Gasteiger partial charge in [0.15, 0.2) is 11.5 Å². The second kappa shape index (κ2) is 7.50. The lowest BCUT2D eigenvalue weighted by atomic mass is 10.2. The van der Waals surface area contributed by atoms with E-state index in [1.54, 1.807) is 18.2 Å². The summed E-state index contributed by atoms with van der Waals surface area (Å²) in [5.74, 6) is 1.13. The zero-order valence-electron chi connectivity index (χ0n) is 15.7. The minimum Gasteiger partial charge on any atom is -0.454 e. The molecule has 0 amide bonds. The van der Waals surface area contributed by atoms with Crippen LogP contribution in [-0.2, 0) is 10.0 Å². The van der Waals surface area contributed by atoms with Crippen molar-refractivity contribution >= 4 is 27.1 Å². The molecule has 2 heterocycles. The lowest BCUT2D eigenvalue weighted by molar-refractivity contribution is -0.384. The average Bonchev–Trinajstić information content (AvgIpc) is 3.16. The molecule has 1 fully saturated rings. The minimum absolute atomic E-state index is 0.0926. The van der Waals surface area contributed by atoms with Gasteiger partial charge in [0.05, 0.1) is 9.82 Å². The van der Waals surface area contributed by atoms with Crippen LogP contribution in [0, 0.1) is 10.1 Å². The largest absolute Gasteiger partial charge is 0.454 e. The molecule has 154 valence electrons. The summed E-state index contributed by atoms with van der Waals surface area (Å²) in [7, 11) is -1.88. The third-order valence-corrected chi connectivity index (χ3v) is 6.81. The van der Waals surface area contributed by atoms with Crippen LogP contribution in [0.25, 0.3) is 0 Å². The number of hydrogen-bond donors (Lipinski definition) is 1. The van der Waals surface area contributed by atoms with Crippen LogP contribution in [0.1, 0.15) is 0 Å². The molecule has 0 aromatic heterocycles. The Bertz CT molecular complexity index is 1050. The van der Waals surface area contributed by atoms with Gasteiger partial charge < -0.3 is 19.7 Å². The number of anilines is 2. The number of nitro benzene ring substituents is 1. The monoisotopic (exact) mass is 420 g/mol. The van der Waals surface area contributed by atoms with Gasteiger partial charge in [-0.3, -0.25) is 10.1 Å². The second-order valence-electron chi connectivity index (χ2n) is 6.84. The van der Waals surface area contributed by atoms with Gasteiger partial charge in [-0.1, -0.05) is 0 Å². The molecule has 2 aliphatic rings. The number of piperazine rings is 1. The highest BCUT2D eigenvalue weighted by atomic mass is 32.2. The van der Waals surface area contributed by atoms with E-state index in [1.807, 2.05) is 11.9 Å². The Labute approximate surface area is 167 Å². The topological polar surface area (TPSA) is 114 Å². The van der Waals surface area contributed by atoms with Crippen molar-refractivity contribution in [3.63, 3.8) is 0 Å². The van der Waals surface area contributed by atoms with Crippen molar-refractivity contribution in [2.24, 2.45) is 0 Å². The highest BCUT2D eigenvalue weighted by Gasteiger charge is 2.29. The van der Waals surface area contributed by atoms with Crippen LogP contribution >= 0.6 is 0 Å². The molecule has 2 aromatic carbocycles. The first-order chi connectivity index (χ1) is 13.8. The molecule has 0 unspecified atom stereocenters. The Morgan fingerprint density at radius 1 is 1.03 bits per heavy atom. The van der Waals surface area contributed by atoms with Gasteiger partial charge in [-0.05, 0) is 31.3 Å². The molecular weight excluding hydrogens is 400 g/mol.